The fraction of sp³-hybridized carbons (Fsp3) is 0.318. The maximum atomic E-state index is 13.1. The van der Waals surface area contributed by atoms with Crippen molar-refractivity contribution in [2.45, 2.75) is 23.5 Å². The third-order valence-electron chi connectivity index (χ3n) is 5.49. The standard InChI is InChI=1S/C22H25N5O3S2/c1-3-10-27-17(2)23-24-22(27)31-16-21(28)25-11-13-26(14-12-25)32(29,30)20-9-8-18-6-4-5-7-19(18)15-20/h3-9,15H,1,10-14,16H2,2H3. The molecule has 2 aromatic carbocycles. The number of rotatable bonds is 7. The van der Waals surface area contributed by atoms with E-state index in [4.69, 9.17) is 0 Å². The van der Waals surface area contributed by atoms with Gasteiger partial charge in [0, 0.05) is 32.7 Å². The Labute approximate surface area is 192 Å². The van der Waals surface area contributed by atoms with Gasteiger partial charge in [0.1, 0.15) is 5.82 Å². The molecule has 1 fully saturated rings. The predicted molar refractivity (Wildman–Crippen MR) is 125 cm³/mol. The zero-order valence-corrected chi connectivity index (χ0v) is 19.5. The molecule has 1 aliphatic rings. The summed E-state index contributed by atoms with van der Waals surface area (Å²) in [4.78, 5) is 14.7. The number of thioether (sulfide) groups is 1. The van der Waals surface area contributed by atoms with Crippen molar-refractivity contribution in [3.63, 3.8) is 0 Å². The summed E-state index contributed by atoms with van der Waals surface area (Å²) in [6.45, 7) is 7.46. The molecule has 2 heterocycles. The Kier molecular flexibility index (Phi) is 6.63. The van der Waals surface area contributed by atoms with E-state index in [9.17, 15) is 13.2 Å². The summed E-state index contributed by atoms with van der Waals surface area (Å²) in [5.41, 5.74) is 0. The maximum Gasteiger partial charge on any atom is 0.243 e. The molecule has 168 valence electrons. The molecule has 1 saturated heterocycles. The molecule has 0 saturated carbocycles. The van der Waals surface area contributed by atoms with Crippen molar-refractivity contribution in [3.8, 4) is 0 Å². The van der Waals surface area contributed by atoms with E-state index in [0.29, 0.717) is 24.8 Å². The van der Waals surface area contributed by atoms with Crippen LogP contribution in [0.1, 0.15) is 5.82 Å². The normalized spacial score (nSPS) is 15.2. The van der Waals surface area contributed by atoms with Gasteiger partial charge in [0.15, 0.2) is 5.16 Å². The molecule has 0 aliphatic carbocycles. The Bertz CT molecular complexity index is 1250. The zero-order valence-electron chi connectivity index (χ0n) is 17.8. The Morgan fingerprint density at radius 1 is 1.09 bits per heavy atom. The molecular weight excluding hydrogens is 446 g/mol. The van der Waals surface area contributed by atoms with E-state index in [1.165, 1.54) is 16.1 Å². The molecule has 32 heavy (non-hydrogen) atoms. The smallest absolute Gasteiger partial charge is 0.243 e. The van der Waals surface area contributed by atoms with E-state index in [1.807, 2.05) is 41.8 Å². The van der Waals surface area contributed by atoms with Crippen LogP contribution in [-0.2, 0) is 21.4 Å². The van der Waals surface area contributed by atoms with E-state index >= 15 is 0 Å². The molecule has 0 bridgehead atoms. The summed E-state index contributed by atoms with van der Waals surface area (Å²) in [6, 6.07) is 12.9. The monoisotopic (exact) mass is 471 g/mol. The molecule has 0 unspecified atom stereocenters. The van der Waals surface area contributed by atoms with Crippen LogP contribution in [0.25, 0.3) is 10.8 Å². The van der Waals surface area contributed by atoms with E-state index in [2.05, 4.69) is 16.8 Å². The van der Waals surface area contributed by atoms with Crippen LogP contribution in [-0.4, -0.2) is 70.2 Å². The summed E-state index contributed by atoms with van der Waals surface area (Å²) in [7, 11) is -3.61. The number of sulfonamides is 1. The number of amides is 1. The quantitative estimate of drug-likeness (QED) is 0.389. The summed E-state index contributed by atoms with van der Waals surface area (Å²) in [6.07, 6.45) is 1.76. The van der Waals surface area contributed by atoms with Gasteiger partial charge in [0.25, 0.3) is 0 Å². The van der Waals surface area contributed by atoms with E-state index in [-0.39, 0.29) is 29.6 Å². The second kappa shape index (κ2) is 9.43. The van der Waals surface area contributed by atoms with Crippen LogP contribution in [0.4, 0.5) is 0 Å². The number of hydrogen-bond acceptors (Lipinski definition) is 6. The molecule has 0 N–H and O–H groups in total. The van der Waals surface area contributed by atoms with Crippen molar-refractivity contribution >= 4 is 38.5 Å². The number of allylic oxidation sites excluding steroid dienone is 1. The van der Waals surface area contributed by atoms with Crippen molar-refractivity contribution in [2.24, 2.45) is 0 Å². The van der Waals surface area contributed by atoms with E-state index in [0.717, 1.165) is 16.6 Å². The highest BCUT2D eigenvalue weighted by Crippen LogP contribution is 2.23. The number of aryl methyl sites for hydroxylation is 1. The average molecular weight is 472 g/mol. The molecule has 0 spiro atoms. The number of hydrogen-bond donors (Lipinski definition) is 0. The second-order valence-electron chi connectivity index (χ2n) is 7.51. The Morgan fingerprint density at radius 3 is 2.53 bits per heavy atom. The predicted octanol–water partition coefficient (Wildman–Crippen LogP) is 2.55. The molecule has 0 atom stereocenters. The van der Waals surface area contributed by atoms with E-state index < -0.39 is 10.0 Å². The maximum absolute atomic E-state index is 13.1. The van der Waals surface area contributed by atoms with Gasteiger partial charge >= 0.3 is 0 Å². The average Bonchev–Trinajstić information content (AvgIpc) is 3.16. The summed E-state index contributed by atoms with van der Waals surface area (Å²) < 4.78 is 29.6. The molecule has 10 heteroatoms. The Balaban J connectivity index is 1.36. The van der Waals surface area contributed by atoms with Crippen molar-refractivity contribution in [3.05, 3.63) is 60.9 Å². The molecule has 4 rings (SSSR count). The van der Waals surface area contributed by atoms with Crippen LogP contribution in [0.2, 0.25) is 0 Å². The summed E-state index contributed by atoms with van der Waals surface area (Å²) in [5.74, 6) is 0.961. The van der Waals surface area contributed by atoms with Crippen LogP contribution < -0.4 is 0 Å². The largest absolute Gasteiger partial charge is 0.339 e. The second-order valence-corrected chi connectivity index (χ2v) is 10.4. The Morgan fingerprint density at radius 2 is 1.81 bits per heavy atom. The van der Waals surface area contributed by atoms with Gasteiger partial charge in [-0.15, -0.1) is 16.8 Å². The first-order valence-electron chi connectivity index (χ1n) is 10.3. The lowest BCUT2D eigenvalue weighted by molar-refractivity contribution is -0.129. The number of carbonyl (C=O) groups excluding carboxylic acids is 1. The third-order valence-corrected chi connectivity index (χ3v) is 8.33. The lowest BCUT2D eigenvalue weighted by Gasteiger charge is -2.34. The summed E-state index contributed by atoms with van der Waals surface area (Å²) in [5, 5.41) is 10.7. The number of carbonyl (C=O) groups is 1. The van der Waals surface area contributed by atoms with Gasteiger partial charge in [0.2, 0.25) is 15.9 Å². The van der Waals surface area contributed by atoms with Gasteiger partial charge in [0.05, 0.1) is 10.6 Å². The molecule has 3 aromatic rings. The fourth-order valence-electron chi connectivity index (χ4n) is 3.68. The first-order valence-corrected chi connectivity index (χ1v) is 12.7. The number of fused-ring (bicyclic) bond motifs is 1. The van der Waals surface area contributed by atoms with Gasteiger partial charge in [-0.1, -0.05) is 48.2 Å². The van der Waals surface area contributed by atoms with Gasteiger partial charge in [-0.05, 0) is 29.8 Å². The highest BCUT2D eigenvalue weighted by Gasteiger charge is 2.30. The molecule has 1 aliphatic heterocycles. The minimum Gasteiger partial charge on any atom is -0.339 e. The topological polar surface area (TPSA) is 88.4 Å². The lowest BCUT2D eigenvalue weighted by Crippen LogP contribution is -2.50. The van der Waals surface area contributed by atoms with Gasteiger partial charge in [-0.3, -0.25) is 4.79 Å². The molecular formula is C22H25N5O3S2. The molecule has 8 nitrogen and oxygen atoms in total. The van der Waals surface area contributed by atoms with Crippen LogP contribution in [0.5, 0.6) is 0 Å². The molecule has 1 amide bonds. The molecule has 0 radical (unpaired) electrons. The highest BCUT2D eigenvalue weighted by atomic mass is 32.2. The summed E-state index contributed by atoms with van der Waals surface area (Å²) >= 11 is 1.33. The van der Waals surface area contributed by atoms with Crippen LogP contribution in [0.3, 0.4) is 0 Å². The first-order chi connectivity index (χ1) is 15.4. The van der Waals surface area contributed by atoms with Crippen molar-refractivity contribution < 1.29 is 13.2 Å². The van der Waals surface area contributed by atoms with Gasteiger partial charge < -0.3 is 9.47 Å². The van der Waals surface area contributed by atoms with Gasteiger partial charge in [-0.25, -0.2) is 8.42 Å². The van der Waals surface area contributed by atoms with Gasteiger partial charge in [-0.2, -0.15) is 4.31 Å². The van der Waals surface area contributed by atoms with Crippen molar-refractivity contribution in [1.29, 1.82) is 0 Å². The highest BCUT2D eigenvalue weighted by molar-refractivity contribution is 7.99. The zero-order chi connectivity index (χ0) is 22.7. The number of nitrogens with zero attached hydrogens (tertiary/aromatic N) is 5. The number of piperazine rings is 1. The third kappa shape index (κ3) is 4.57. The molecule has 1 aromatic heterocycles. The van der Waals surface area contributed by atoms with E-state index in [1.54, 1.807) is 23.1 Å². The van der Waals surface area contributed by atoms with Crippen molar-refractivity contribution in [1.82, 2.24) is 24.0 Å². The fourth-order valence-corrected chi connectivity index (χ4v) is 6.03. The lowest BCUT2D eigenvalue weighted by atomic mass is 10.1. The van der Waals surface area contributed by atoms with Crippen LogP contribution in [0, 0.1) is 6.92 Å². The van der Waals surface area contributed by atoms with Crippen LogP contribution in [0.15, 0.2) is 65.2 Å². The Hall–Kier alpha value is -2.69. The van der Waals surface area contributed by atoms with Crippen molar-refractivity contribution in [2.75, 3.05) is 31.9 Å². The minimum absolute atomic E-state index is 0.0384. The number of benzene rings is 2. The SMILES string of the molecule is C=CCn1c(C)nnc1SCC(=O)N1CCN(S(=O)(=O)c2ccc3ccccc3c2)CC1. The minimum atomic E-state index is -3.61. The first kappa shape index (κ1) is 22.5. The number of aromatic nitrogens is 3. The van der Waals surface area contributed by atoms with Crippen LogP contribution >= 0.6 is 11.8 Å².